The number of carbonyl (C=O) groups is 1. The number of hydrogen-bond donors (Lipinski definition) is 1. The van der Waals surface area contributed by atoms with Gasteiger partial charge in [-0.15, -0.1) is 0 Å². The molecule has 0 aliphatic carbocycles. The molecule has 0 radical (unpaired) electrons. The Kier molecular flexibility index (Phi) is 5.20. The maximum atomic E-state index is 12.2. The lowest BCUT2D eigenvalue weighted by atomic mass is 10.2. The summed E-state index contributed by atoms with van der Waals surface area (Å²) in [6.07, 6.45) is 0.425. The fourth-order valence-corrected chi connectivity index (χ4v) is 3.53. The van der Waals surface area contributed by atoms with Crippen molar-refractivity contribution in [3.8, 4) is 0 Å². The highest BCUT2D eigenvalue weighted by Gasteiger charge is 2.15. The molecule has 0 unspecified atom stereocenters. The smallest absolute Gasteiger partial charge is 0.225 e. The van der Waals surface area contributed by atoms with Gasteiger partial charge in [0, 0.05) is 19.5 Å². The van der Waals surface area contributed by atoms with Crippen LogP contribution in [0.3, 0.4) is 0 Å². The second kappa shape index (κ2) is 6.95. The van der Waals surface area contributed by atoms with E-state index < -0.39 is 9.84 Å². The number of anilines is 1. The third-order valence-corrected chi connectivity index (χ3v) is 5.28. The summed E-state index contributed by atoms with van der Waals surface area (Å²) in [5.74, 6) is 0.342. The molecule has 1 N–H and O–H groups in total. The average molecular weight is 335 g/mol. The average Bonchev–Trinajstić information content (AvgIpc) is 2.77. The summed E-state index contributed by atoms with van der Waals surface area (Å²) >= 11 is 0. The van der Waals surface area contributed by atoms with Gasteiger partial charge < -0.3 is 5.32 Å². The fourth-order valence-electron chi connectivity index (χ4n) is 2.22. The van der Waals surface area contributed by atoms with Crippen molar-refractivity contribution in [3.05, 3.63) is 41.6 Å². The van der Waals surface area contributed by atoms with Crippen molar-refractivity contribution in [2.24, 2.45) is 7.05 Å². The van der Waals surface area contributed by atoms with E-state index in [-0.39, 0.29) is 24.5 Å². The van der Waals surface area contributed by atoms with Crippen LogP contribution < -0.4 is 5.32 Å². The summed E-state index contributed by atoms with van der Waals surface area (Å²) in [4.78, 5) is 12.2. The van der Waals surface area contributed by atoms with Gasteiger partial charge in [-0.3, -0.25) is 9.48 Å². The van der Waals surface area contributed by atoms with E-state index >= 15 is 0 Å². The number of hydrogen-bond acceptors (Lipinski definition) is 4. The molecule has 0 atom stereocenters. The Hall–Kier alpha value is -2.15. The molecule has 6 nitrogen and oxygen atoms in total. The second-order valence-electron chi connectivity index (χ2n) is 5.58. The second-order valence-corrected chi connectivity index (χ2v) is 7.69. The van der Waals surface area contributed by atoms with E-state index in [1.54, 1.807) is 42.1 Å². The zero-order valence-electron chi connectivity index (χ0n) is 13.5. The van der Waals surface area contributed by atoms with Gasteiger partial charge in [-0.25, -0.2) is 8.42 Å². The van der Waals surface area contributed by atoms with Crippen LogP contribution >= 0.6 is 0 Å². The van der Waals surface area contributed by atoms with Gasteiger partial charge in [0.1, 0.15) is 5.82 Å². The van der Waals surface area contributed by atoms with Crippen molar-refractivity contribution in [2.75, 3.05) is 11.1 Å². The molecule has 0 aliphatic heterocycles. The van der Waals surface area contributed by atoms with Gasteiger partial charge in [0.25, 0.3) is 0 Å². The lowest BCUT2D eigenvalue weighted by molar-refractivity contribution is -0.116. The van der Waals surface area contributed by atoms with E-state index in [1.165, 1.54) is 0 Å². The van der Waals surface area contributed by atoms with Crippen LogP contribution in [0.5, 0.6) is 0 Å². The molecule has 1 aromatic carbocycles. The number of benzene rings is 1. The molecular formula is C16H21N3O3S. The van der Waals surface area contributed by atoms with Gasteiger partial charge in [-0.2, -0.15) is 5.10 Å². The number of sulfone groups is 1. The summed E-state index contributed by atoms with van der Waals surface area (Å²) in [7, 11) is -1.61. The Morgan fingerprint density at radius 3 is 2.43 bits per heavy atom. The molecule has 1 heterocycles. The number of carbonyl (C=O) groups excluding carboxylic acids is 1. The first-order valence-electron chi connectivity index (χ1n) is 7.38. The van der Waals surface area contributed by atoms with E-state index in [9.17, 15) is 13.2 Å². The molecule has 23 heavy (non-hydrogen) atoms. The highest BCUT2D eigenvalue weighted by atomic mass is 32.2. The quantitative estimate of drug-likeness (QED) is 0.878. The van der Waals surface area contributed by atoms with E-state index in [0.717, 1.165) is 11.3 Å². The van der Waals surface area contributed by atoms with Crippen molar-refractivity contribution in [2.45, 2.75) is 31.6 Å². The first kappa shape index (κ1) is 17.2. The summed E-state index contributed by atoms with van der Waals surface area (Å²) in [6, 6.07) is 8.50. The summed E-state index contributed by atoms with van der Waals surface area (Å²) < 4.78 is 26.0. The zero-order chi connectivity index (χ0) is 17.0. The van der Waals surface area contributed by atoms with Crippen molar-refractivity contribution in [3.63, 3.8) is 0 Å². The van der Waals surface area contributed by atoms with Gasteiger partial charge in [0.15, 0.2) is 9.84 Å². The third-order valence-electron chi connectivity index (χ3n) is 3.47. The Bertz CT molecular complexity index is 792. The zero-order valence-corrected chi connectivity index (χ0v) is 14.4. The number of nitrogens with one attached hydrogen (secondary N) is 1. The number of aryl methyl sites for hydroxylation is 3. The molecule has 0 fully saturated rings. The van der Waals surface area contributed by atoms with Crippen molar-refractivity contribution in [1.82, 2.24) is 9.78 Å². The monoisotopic (exact) mass is 335 g/mol. The summed E-state index contributed by atoms with van der Waals surface area (Å²) in [5, 5.41) is 6.87. The lowest BCUT2D eigenvalue weighted by Crippen LogP contribution is -2.16. The van der Waals surface area contributed by atoms with Crippen LogP contribution in [0.1, 0.15) is 24.1 Å². The molecular weight excluding hydrogens is 314 g/mol. The molecule has 0 saturated carbocycles. The Morgan fingerprint density at radius 1 is 1.22 bits per heavy atom. The summed E-state index contributed by atoms with van der Waals surface area (Å²) in [6.45, 7) is 3.74. The highest BCUT2D eigenvalue weighted by molar-refractivity contribution is 7.91. The van der Waals surface area contributed by atoms with Crippen LogP contribution in [0.25, 0.3) is 0 Å². The van der Waals surface area contributed by atoms with Gasteiger partial charge >= 0.3 is 0 Å². The first-order valence-corrected chi connectivity index (χ1v) is 9.03. The van der Waals surface area contributed by atoms with Crippen molar-refractivity contribution < 1.29 is 13.2 Å². The van der Waals surface area contributed by atoms with Crippen LogP contribution in [0, 0.1) is 13.8 Å². The van der Waals surface area contributed by atoms with E-state index in [0.29, 0.717) is 10.7 Å². The molecule has 2 rings (SSSR count). The maximum Gasteiger partial charge on any atom is 0.225 e. The summed E-state index contributed by atoms with van der Waals surface area (Å²) in [5.41, 5.74) is 1.82. The normalized spacial score (nSPS) is 11.4. The molecule has 124 valence electrons. The molecule has 0 saturated heterocycles. The maximum absolute atomic E-state index is 12.2. The molecule has 1 amide bonds. The van der Waals surface area contributed by atoms with Crippen LogP contribution in [0.2, 0.25) is 0 Å². The molecule has 0 bridgehead atoms. The van der Waals surface area contributed by atoms with Crippen molar-refractivity contribution in [1.29, 1.82) is 0 Å². The van der Waals surface area contributed by atoms with Gasteiger partial charge in [-0.1, -0.05) is 17.7 Å². The SMILES string of the molecule is Cc1ccc(S(=O)(=O)CCCC(=O)Nc2cc(C)nn2C)cc1. The highest BCUT2D eigenvalue weighted by Crippen LogP contribution is 2.14. The Balaban J connectivity index is 1.87. The number of aromatic nitrogens is 2. The van der Waals surface area contributed by atoms with E-state index in [1.807, 2.05) is 13.8 Å². The topological polar surface area (TPSA) is 81.1 Å². The minimum atomic E-state index is -3.35. The van der Waals surface area contributed by atoms with Crippen LogP contribution in [0.15, 0.2) is 35.2 Å². The lowest BCUT2D eigenvalue weighted by Gasteiger charge is -2.06. The number of rotatable bonds is 6. The predicted octanol–water partition coefficient (Wildman–Crippen LogP) is 2.23. The molecule has 0 spiro atoms. The standard InChI is InChI=1S/C16H21N3O3S/c1-12-6-8-14(9-7-12)23(21,22)10-4-5-16(20)17-15-11-13(2)18-19(15)3/h6-9,11H,4-5,10H2,1-3H3,(H,17,20). The minimum Gasteiger partial charge on any atom is -0.311 e. The van der Waals surface area contributed by atoms with Gasteiger partial charge in [0.05, 0.1) is 16.3 Å². The first-order chi connectivity index (χ1) is 10.8. The molecule has 7 heteroatoms. The van der Waals surface area contributed by atoms with E-state index in [4.69, 9.17) is 0 Å². The van der Waals surface area contributed by atoms with Crippen LogP contribution in [0.4, 0.5) is 5.82 Å². The molecule has 0 aliphatic rings. The largest absolute Gasteiger partial charge is 0.311 e. The van der Waals surface area contributed by atoms with E-state index in [2.05, 4.69) is 10.4 Å². The fraction of sp³-hybridized carbons (Fsp3) is 0.375. The Morgan fingerprint density at radius 2 is 1.87 bits per heavy atom. The predicted molar refractivity (Wildman–Crippen MR) is 89.0 cm³/mol. The third kappa shape index (κ3) is 4.66. The van der Waals surface area contributed by atoms with Gasteiger partial charge in [0.2, 0.25) is 5.91 Å². The number of nitrogens with zero attached hydrogens (tertiary/aromatic N) is 2. The minimum absolute atomic E-state index is 0.0477. The Labute approximate surface area is 136 Å². The van der Waals surface area contributed by atoms with Crippen LogP contribution in [-0.2, 0) is 21.7 Å². The van der Waals surface area contributed by atoms with Crippen molar-refractivity contribution >= 4 is 21.6 Å². The van der Waals surface area contributed by atoms with Gasteiger partial charge in [-0.05, 0) is 32.4 Å². The molecule has 1 aromatic heterocycles. The van der Waals surface area contributed by atoms with Crippen LogP contribution in [-0.4, -0.2) is 29.9 Å². The number of amides is 1. The molecule has 2 aromatic rings.